The summed E-state index contributed by atoms with van der Waals surface area (Å²) >= 11 is 0. The first-order chi connectivity index (χ1) is 12.0. The topological polar surface area (TPSA) is 61.4 Å². The van der Waals surface area contributed by atoms with Crippen molar-refractivity contribution in [3.63, 3.8) is 0 Å². The maximum atomic E-state index is 14.6. The minimum Gasteiger partial charge on any atom is -0.371 e. The van der Waals surface area contributed by atoms with Crippen LogP contribution in [0, 0.1) is 17.0 Å². The summed E-state index contributed by atoms with van der Waals surface area (Å²) in [5, 5.41) is 5.45. The molecule has 3 aliphatic rings. The summed E-state index contributed by atoms with van der Waals surface area (Å²) in [7, 11) is 0. The van der Waals surface area contributed by atoms with E-state index in [1.54, 1.807) is 0 Å². The fourth-order valence-corrected chi connectivity index (χ4v) is 4.13. The summed E-state index contributed by atoms with van der Waals surface area (Å²) in [6, 6.07) is 2.64. The molecule has 3 aliphatic heterocycles. The van der Waals surface area contributed by atoms with Crippen LogP contribution in [0.4, 0.5) is 14.5 Å². The highest BCUT2D eigenvalue weighted by molar-refractivity contribution is 6.01. The highest BCUT2D eigenvalue weighted by atomic mass is 19.1. The molecule has 134 valence electrons. The van der Waals surface area contributed by atoms with Gasteiger partial charge in [0.1, 0.15) is 11.6 Å². The van der Waals surface area contributed by atoms with Gasteiger partial charge in [-0.25, -0.2) is 8.78 Å². The third-order valence-electron chi connectivity index (χ3n) is 5.84. The number of anilines is 1. The lowest BCUT2D eigenvalue weighted by atomic mass is 9.73. The predicted molar refractivity (Wildman–Crippen MR) is 88.2 cm³/mol. The second-order valence-corrected chi connectivity index (χ2v) is 7.42. The van der Waals surface area contributed by atoms with E-state index in [0.717, 1.165) is 39.0 Å². The molecule has 1 spiro atoms. The fraction of sp³-hybridized carbons (Fsp3) is 0.556. The van der Waals surface area contributed by atoms with Crippen molar-refractivity contribution in [3.05, 3.63) is 29.3 Å². The van der Waals surface area contributed by atoms with Gasteiger partial charge in [-0.1, -0.05) is 0 Å². The van der Waals surface area contributed by atoms with E-state index in [4.69, 9.17) is 0 Å². The number of hydrogen-bond donors (Lipinski definition) is 2. The molecule has 4 rings (SSSR count). The fourth-order valence-electron chi connectivity index (χ4n) is 4.13. The second-order valence-electron chi connectivity index (χ2n) is 7.42. The standard InChI is InChI=1S/C18H21F2N3O2/c19-13-7-11(23-5-3-18(4-6-23)9-21-10-18)8-14(20)16(13)12-1-2-15(24)22-17(12)25/h7-8,12,21H,1-6,9-10H2,(H,22,24,25). The second kappa shape index (κ2) is 6.05. The number of benzene rings is 1. The molecule has 7 heteroatoms. The number of imide groups is 1. The molecule has 1 unspecified atom stereocenters. The van der Waals surface area contributed by atoms with E-state index < -0.39 is 29.4 Å². The minimum atomic E-state index is -0.947. The zero-order valence-corrected chi connectivity index (χ0v) is 13.9. The predicted octanol–water partition coefficient (Wildman–Crippen LogP) is 1.67. The van der Waals surface area contributed by atoms with Gasteiger partial charge in [-0.2, -0.15) is 0 Å². The number of carbonyl (C=O) groups excluding carboxylic acids is 2. The van der Waals surface area contributed by atoms with Gasteiger partial charge >= 0.3 is 0 Å². The van der Waals surface area contributed by atoms with Crippen LogP contribution < -0.4 is 15.5 Å². The van der Waals surface area contributed by atoms with Gasteiger partial charge in [0.05, 0.1) is 5.92 Å². The van der Waals surface area contributed by atoms with E-state index in [9.17, 15) is 18.4 Å². The summed E-state index contributed by atoms with van der Waals surface area (Å²) < 4.78 is 29.2. The zero-order valence-electron chi connectivity index (χ0n) is 13.9. The maximum absolute atomic E-state index is 14.6. The van der Waals surface area contributed by atoms with Crippen LogP contribution in [-0.4, -0.2) is 38.0 Å². The van der Waals surface area contributed by atoms with Crippen molar-refractivity contribution >= 4 is 17.5 Å². The minimum absolute atomic E-state index is 0.0965. The lowest BCUT2D eigenvalue weighted by molar-refractivity contribution is -0.134. The van der Waals surface area contributed by atoms with Crippen LogP contribution in [0.1, 0.15) is 37.2 Å². The first kappa shape index (κ1) is 16.4. The van der Waals surface area contributed by atoms with Crippen LogP contribution in [0.2, 0.25) is 0 Å². The molecule has 1 aromatic carbocycles. The largest absolute Gasteiger partial charge is 0.371 e. The lowest BCUT2D eigenvalue weighted by Gasteiger charge is -2.49. The van der Waals surface area contributed by atoms with Crippen molar-refractivity contribution in [3.8, 4) is 0 Å². The van der Waals surface area contributed by atoms with Crippen molar-refractivity contribution < 1.29 is 18.4 Å². The SMILES string of the molecule is O=C1CCC(c2c(F)cc(N3CCC4(CC3)CNC4)cc2F)C(=O)N1. The molecule has 3 saturated heterocycles. The Morgan fingerprint density at radius 2 is 1.72 bits per heavy atom. The Kier molecular flexibility index (Phi) is 3.98. The molecule has 0 bridgehead atoms. The zero-order chi connectivity index (χ0) is 17.6. The molecule has 0 aliphatic carbocycles. The Morgan fingerprint density at radius 1 is 1.08 bits per heavy atom. The number of rotatable bonds is 2. The number of nitrogens with zero attached hydrogens (tertiary/aromatic N) is 1. The molecule has 1 aromatic rings. The smallest absolute Gasteiger partial charge is 0.234 e. The lowest BCUT2D eigenvalue weighted by Crippen LogP contribution is -2.58. The van der Waals surface area contributed by atoms with Gasteiger partial charge in [0, 0.05) is 43.9 Å². The van der Waals surface area contributed by atoms with Crippen molar-refractivity contribution in [1.29, 1.82) is 0 Å². The summed E-state index contributed by atoms with van der Waals surface area (Å²) in [6.45, 7) is 3.60. The van der Waals surface area contributed by atoms with E-state index in [-0.39, 0.29) is 18.4 Å². The van der Waals surface area contributed by atoms with Crippen molar-refractivity contribution in [2.45, 2.75) is 31.6 Å². The van der Waals surface area contributed by atoms with Gasteiger partial charge in [-0.15, -0.1) is 0 Å². The molecule has 3 heterocycles. The van der Waals surface area contributed by atoms with Crippen LogP contribution in [-0.2, 0) is 9.59 Å². The number of piperidine rings is 2. The van der Waals surface area contributed by atoms with Gasteiger partial charge < -0.3 is 10.2 Å². The molecule has 5 nitrogen and oxygen atoms in total. The molecule has 2 amide bonds. The molecule has 0 aromatic heterocycles. The van der Waals surface area contributed by atoms with Crippen LogP contribution in [0.3, 0.4) is 0 Å². The molecule has 0 radical (unpaired) electrons. The van der Waals surface area contributed by atoms with Crippen molar-refractivity contribution in [2.24, 2.45) is 5.41 Å². The number of hydrogen-bond acceptors (Lipinski definition) is 4. The summed E-state index contributed by atoms with van der Waals surface area (Å²) in [6.07, 6.45) is 2.26. The van der Waals surface area contributed by atoms with Crippen LogP contribution >= 0.6 is 0 Å². The van der Waals surface area contributed by atoms with E-state index in [1.165, 1.54) is 12.1 Å². The number of nitrogens with one attached hydrogen (secondary N) is 2. The van der Waals surface area contributed by atoms with E-state index in [1.807, 2.05) is 4.90 Å². The number of amides is 2. The van der Waals surface area contributed by atoms with Gasteiger partial charge in [0.15, 0.2) is 0 Å². The molecular formula is C18H21F2N3O2. The average Bonchev–Trinajstić information content (AvgIpc) is 2.55. The third-order valence-corrected chi connectivity index (χ3v) is 5.84. The average molecular weight is 349 g/mol. The highest BCUT2D eigenvalue weighted by Crippen LogP contribution is 2.38. The molecular weight excluding hydrogens is 328 g/mol. The van der Waals surface area contributed by atoms with Gasteiger partial charge in [0.25, 0.3) is 0 Å². The molecule has 25 heavy (non-hydrogen) atoms. The Balaban J connectivity index is 1.54. The number of halogens is 2. The van der Waals surface area contributed by atoms with Gasteiger partial charge in [-0.3, -0.25) is 14.9 Å². The van der Waals surface area contributed by atoms with Crippen LogP contribution in [0.25, 0.3) is 0 Å². The van der Waals surface area contributed by atoms with Gasteiger partial charge in [-0.05, 0) is 36.8 Å². The van der Waals surface area contributed by atoms with E-state index in [0.29, 0.717) is 11.1 Å². The normalized spacial score (nSPS) is 25.7. The Labute approximate surface area is 144 Å². The summed E-state index contributed by atoms with van der Waals surface area (Å²) in [5.41, 5.74) is 0.652. The van der Waals surface area contributed by atoms with Crippen LogP contribution in [0.5, 0.6) is 0 Å². The monoisotopic (exact) mass is 349 g/mol. The quantitative estimate of drug-likeness (QED) is 0.798. The summed E-state index contributed by atoms with van der Waals surface area (Å²) in [5.74, 6) is -3.40. The first-order valence-corrected chi connectivity index (χ1v) is 8.76. The molecule has 0 saturated carbocycles. The third kappa shape index (κ3) is 2.90. The van der Waals surface area contributed by atoms with Crippen molar-refractivity contribution in [2.75, 3.05) is 31.1 Å². The van der Waals surface area contributed by atoms with Crippen LogP contribution in [0.15, 0.2) is 12.1 Å². The first-order valence-electron chi connectivity index (χ1n) is 8.76. The molecule has 3 fully saturated rings. The Hall–Kier alpha value is -2.02. The number of carbonyl (C=O) groups is 2. The Morgan fingerprint density at radius 3 is 2.24 bits per heavy atom. The summed E-state index contributed by atoms with van der Waals surface area (Å²) in [4.78, 5) is 25.2. The van der Waals surface area contributed by atoms with Gasteiger partial charge in [0.2, 0.25) is 11.8 Å². The van der Waals surface area contributed by atoms with E-state index >= 15 is 0 Å². The maximum Gasteiger partial charge on any atom is 0.234 e. The van der Waals surface area contributed by atoms with E-state index in [2.05, 4.69) is 10.6 Å². The molecule has 1 atom stereocenters. The Bertz CT molecular complexity index is 700. The highest BCUT2D eigenvalue weighted by Gasteiger charge is 2.40. The molecule has 2 N–H and O–H groups in total. The van der Waals surface area contributed by atoms with Crippen molar-refractivity contribution in [1.82, 2.24) is 10.6 Å².